The van der Waals surface area contributed by atoms with E-state index in [-0.39, 0.29) is 17.6 Å². The topological polar surface area (TPSA) is 67.4 Å². The van der Waals surface area contributed by atoms with Crippen LogP contribution in [0.1, 0.15) is 10.4 Å². The summed E-state index contributed by atoms with van der Waals surface area (Å²) in [5, 5.41) is 5.72. The van der Waals surface area contributed by atoms with Crippen molar-refractivity contribution in [3.63, 3.8) is 0 Å². The number of anilines is 2. The predicted octanol–water partition coefficient (Wildman–Crippen LogP) is 5.44. The number of nitrogens with one attached hydrogen (secondary N) is 2. The molecule has 0 bridgehead atoms. The molecule has 2 N–H and O–H groups in total. The molecular weight excluding hydrogens is 452 g/mol. The number of amides is 2. The zero-order valence-electron chi connectivity index (χ0n) is 15.6. The largest absolute Gasteiger partial charge is 0.497 e. The molecule has 5 nitrogen and oxygen atoms in total. The van der Waals surface area contributed by atoms with Crippen LogP contribution in [0.4, 0.5) is 11.4 Å². The molecule has 0 heterocycles. The fourth-order valence-electron chi connectivity index (χ4n) is 2.50. The summed E-state index contributed by atoms with van der Waals surface area (Å²) in [4.78, 5) is 25.4. The number of thioether (sulfide) groups is 1. The Kier molecular flexibility index (Phi) is 7.32. The summed E-state index contributed by atoms with van der Waals surface area (Å²) < 4.78 is 5.99. The zero-order valence-corrected chi connectivity index (χ0v) is 18.0. The number of hydrogen-bond donors (Lipinski definition) is 2. The van der Waals surface area contributed by atoms with Gasteiger partial charge in [0.15, 0.2) is 0 Å². The SMILES string of the molecule is COc1cccc(C(=O)Nc2ccc(SCC(=O)Nc3ccccc3Br)cc2)c1. The van der Waals surface area contributed by atoms with Crippen molar-refractivity contribution >= 4 is 50.9 Å². The average Bonchev–Trinajstić information content (AvgIpc) is 2.75. The maximum Gasteiger partial charge on any atom is 0.255 e. The van der Waals surface area contributed by atoms with Gasteiger partial charge in [-0.05, 0) is 70.5 Å². The smallest absolute Gasteiger partial charge is 0.255 e. The summed E-state index contributed by atoms with van der Waals surface area (Å²) in [6.45, 7) is 0. The van der Waals surface area contributed by atoms with E-state index in [9.17, 15) is 9.59 Å². The lowest BCUT2D eigenvalue weighted by atomic mass is 10.2. The molecule has 0 saturated carbocycles. The van der Waals surface area contributed by atoms with Gasteiger partial charge in [0.1, 0.15) is 5.75 Å². The van der Waals surface area contributed by atoms with Gasteiger partial charge in [0.05, 0.1) is 18.6 Å². The van der Waals surface area contributed by atoms with Gasteiger partial charge in [0, 0.05) is 20.6 Å². The maximum absolute atomic E-state index is 12.4. The molecule has 3 aromatic carbocycles. The molecule has 0 saturated heterocycles. The molecule has 3 aromatic rings. The molecule has 0 aromatic heterocycles. The first-order valence-corrected chi connectivity index (χ1v) is 10.6. The van der Waals surface area contributed by atoms with E-state index < -0.39 is 0 Å². The van der Waals surface area contributed by atoms with E-state index in [1.807, 2.05) is 48.5 Å². The van der Waals surface area contributed by atoms with Gasteiger partial charge in [-0.25, -0.2) is 0 Å². The number of para-hydroxylation sites is 1. The Hall–Kier alpha value is -2.77. The van der Waals surface area contributed by atoms with Crippen LogP contribution in [-0.2, 0) is 4.79 Å². The Morgan fingerprint density at radius 3 is 2.45 bits per heavy atom. The van der Waals surface area contributed by atoms with E-state index in [1.165, 1.54) is 11.8 Å². The minimum absolute atomic E-state index is 0.0858. The first-order valence-electron chi connectivity index (χ1n) is 8.78. The monoisotopic (exact) mass is 470 g/mol. The fourth-order valence-corrected chi connectivity index (χ4v) is 3.58. The third-order valence-electron chi connectivity index (χ3n) is 3.96. The van der Waals surface area contributed by atoms with E-state index in [0.29, 0.717) is 17.0 Å². The van der Waals surface area contributed by atoms with Crippen molar-refractivity contribution in [3.05, 3.63) is 82.8 Å². The molecule has 0 aliphatic rings. The van der Waals surface area contributed by atoms with Crippen LogP contribution >= 0.6 is 27.7 Å². The van der Waals surface area contributed by atoms with Crippen molar-refractivity contribution < 1.29 is 14.3 Å². The Labute approximate surface area is 182 Å². The van der Waals surface area contributed by atoms with Crippen molar-refractivity contribution in [2.75, 3.05) is 23.5 Å². The second-order valence-electron chi connectivity index (χ2n) is 6.03. The van der Waals surface area contributed by atoms with Crippen LogP contribution in [0, 0.1) is 0 Å². The lowest BCUT2D eigenvalue weighted by Gasteiger charge is -2.09. The number of carbonyl (C=O) groups excluding carboxylic acids is 2. The quantitative estimate of drug-likeness (QED) is 0.451. The number of hydrogen-bond acceptors (Lipinski definition) is 4. The van der Waals surface area contributed by atoms with Crippen LogP contribution in [0.25, 0.3) is 0 Å². The summed E-state index contributed by atoms with van der Waals surface area (Å²) in [5.74, 6) is 0.622. The Morgan fingerprint density at radius 2 is 1.72 bits per heavy atom. The first kappa shape index (κ1) is 21.0. The highest BCUT2D eigenvalue weighted by atomic mass is 79.9. The highest BCUT2D eigenvalue weighted by Gasteiger charge is 2.09. The summed E-state index contributed by atoms with van der Waals surface area (Å²) >= 11 is 4.84. The van der Waals surface area contributed by atoms with Crippen LogP contribution in [-0.4, -0.2) is 24.7 Å². The molecule has 0 atom stereocenters. The van der Waals surface area contributed by atoms with Gasteiger partial charge in [-0.1, -0.05) is 18.2 Å². The third kappa shape index (κ3) is 6.10. The van der Waals surface area contributed by atoms with Crippen molar-refractivity contribution in [2.24, 2.45) is 0 Å². The van der Waals surface area contributed by atoms with Gasteiger partial charge in [0.2, 0.25) is 5.91 Å². The standard InChI is InChI=1S/C22H19BrN2O3S/c1-28-17-6-4-5-15(13-17)22(27)24-16-9-11-18(12-10-16)29-14-21(26)25-20-8-3-2-7-19(20)23/h2-13H,14H2,1H3,(H,24,27)(H,25,26). The minimum atomic E-state index is -0.211. The maximum atomic E-state index is 12.4. The van der Waals surface area contributed by atoms with Crippen molar-refractivity contribution in [3.8, 4) is 5.75 Å². The molecule has 148 valence electrons. The molecule has 0 spiro atoms. The molecule has 0 aliphatic carbocycles. The highest BCUT2D eigenvalue weighted by molar-refractivity contribution is 9.10. The molecule has 7 heteroatoms. The molecule has 2 amide bonds. The van der Waals surface area contributed by atoms with Gasteiger partial charge in [-0.2, -0.15) is 0 Å². The van der Waals surface area contributed by atoms with Gasteiger partial charge >= 0.3 is 0 Å². The van der Waals surface area contributed by atoms with Crippen LogP contribution in [0.5, 0.6) is 5.75 Å². The zero-order chi connectivity index (χ0) is 20.6. The number of carbonyl (C=O) groups is 2. The van der Waals surface area contributed by atoms with Gasteiger partial charge < -0.3 is 15.4 Å². The molecular formula is C22H19BrN2O3S. The van der Waals surface area contributed by atoms with Crippen LogP contribution in [0.2, 0.25) is 0 Å². The number of halogens is 1. The Balaban J connectivity index is 1.52. The normalized spacial score (nSPS) is 10.3. The number of benzene rings is 3. The fraction of sp³-hybridized carbons (Fsp3) is 0.0909. The van der Waals surface area contributed by atoms with E-state index in [0.717, 1.165) is 15.1 Å². The second kappa shape index (κ2) is 10.1. The lowest BCUT2D eigenvalue weighted by molar-refractivity contribution is -0.113. The summed E-state index contributed by atoms with van der Waals surface area (Å²) in [6, 6.07) is 21.8. The second-order valence-corrected chi connectivity index (χ2v) is 7.93. The van der Waals surface area contributed by atoms with E-state index in [1.54, 1.807) is 31.4 Å². The first-order chi connectivity index (χ1) is 14.0. The highest BCUT2D eigenvalue weighted by Crippen LogP contribution is 2.24. The van der Waals surface area contributed by atoms with Crippen LogP contribution < -0.4 is 15.4 Å². The number of methoxy groups -OCH3 is 1. The number of rotatable bonds is 7. The molecule has 0 radical (unpaired) electrons. The lowest BCUT2D eigenvalue weighted by Crippen LogP contribution is -2.14. The number of ether oxygens (including phenoxy) is 1. The van der Waals surface area contributed by atoms with Crippen molar-refractivity contribution in [2.45, 2.75) is 4.90 Å². The van der Waals surface area contributed by atoms with Crippen molar-refractivity contribution in [1.82, 2.24) is 0 Å². The molecule has 29 heavy (non-hydrogen) atoms. The average molecular weight is 471 g/mol. The van der Waals surface area contributed by atoms with Gasteiger partial charge in [-0.3, -0.25) is 9.59 Å². The summed E-state index contributed by atoms with van der Waals surface area (Å²) in [7, 11) is 1.56. The summed E-state index contributed by atoms with van der Waals surface area (Å²) in [5.41, 5.74) is 1.94. The van der Waals surface area contributed by atoms with Gasteiger partial charge in [-0.15, -0.1) is 11.8 Å². The molecule has 0 fully saturated rings. The van der Waals surface area contributed by atoms with Crippen LogP contribution in [0.15, 0.2) is 82.2 Å². The molecule has 3 rings (SSSR count). The minimum Gasteiger partial charge on any atom is -0.497 e. The van der Waals surface area contributed by atoms with Gasteiger partial charge in [0.25, 0.3) is 5.91 Å². The predicted molar refractivity (Wildman–Crippen MR) is 121 cm³/mol. The Morgan fingerprint density at radius 1 is 0.966 bits per heavy atom. The Bertz CT molecular complexity index is 1010. The van der Waals surface area contributed by atoms with Crippen LogP contribution in [0.3, 0.4) is 0 Å². The van der Waals surface area contributed by atoms with E-state index in [2.05, 4.69) is 26.6 Å². The molecule has 0 aliphatic heterocycles. The van der Waals surface area contributed by atoms with E-state index >= 15 is 0 Å². The van der Waals surface area contributed by atoms with E-state index in [4.69, 9.17) is 4.74 Å². The third-order valence-corrected chi connectivity index (χ3v) is 5.67. The molecule has 0 unspecified atom stereocenters. The summed E-state index contributed by atoms with van der Waals surface area (Å²) in [6.07, 6.45) is 0. The van der Waals surface area contributed by atoms with Crippen molar-refractivity contribution in [1.29, 1.82) is 0 Å².